The first kappa shape index (κ1) is 16.6. The van der Waals surface area contributed by atoms with Gasteiger partial charge in [0.25, 0.3) is 6.61 Å². The summed E-state index contributed by atoms with van der Waals surface area (Å²) in [5.74, 6) is 4.38. The van der Waals surface area contributed by atoms with Gasteiger partial charge in [0.15, 0.2) is 0 Å². The quantitative estimate of drug-likeness (QED) is 0.347. The molecule has 2 aromatic carbocycles. The Bertz CT molecular complexity index is 555. The monoisotopic (exact) mass is 292 g/mol. The molecule has 2 aromatic rings. The smallest absolute Gasteiger partial charge is 0.316 e. The summed E-state index contributed by atoms with van der Waals surface area (Å²) in [4.78, 5) is 7.36. The molecule has 6 nitrogen and oxygen atoms in total. The maximum absolute atomic E-state index is 9.53. The lowest BCUT2D eigenvalue weighted by molar-refractivity contribution is -0.282. The summed E-state index contributed by atoms with van der Waals surface area (Å²) >= 11 is 0. The maximum atomic E-state index is 9.53. The van der Waals surface area contributed by atoms with E-state index in [0.29, 0.717) is 5.56 Å². The van der Waals surface area contributed by atoms with Gasteiger partial charge in [0.05, 0.1) is 18.2 Å². The first-order chi connectivity index (χ1) is 10.2. The van der Waals surface area contributed by atoms with E-state index in [-0.39, 0.29) is 18.1 Å². The van der Waals surface area contributed by atoms with Gasteiger partial charge in [-0.15, -0.1) is 4.99 Å². The minimum absolute atomic E-state index is 0.0338. The number of phenols is 2. The highest BCUT2D eigenvalue weighted by molar-refractivity contribution is 5.74. The molecule has 0 amide bonds. The van der Waals surface area contributed by atoms with Crippen LogP contribution in [0.1, 0.15) is 15.6 Å². The molecule has 0 bridgehead atoms. The first-order valence-electron chi connectivity index (χ1n) is 6.07. The first-order valence-corrected chi connectivity index (χ1v) is 6.07. The lowest BCUT2D eigenvalue weighted by atomic mass is 10.2. The predicted molar refractivity (Wildman–Crippen MR) is 77.6 cm³/mol. The number of phenolic OH excluding ortho intramolecular Hbond substituents is 2. The SMILES string of the molecule is COON.Oc1ccc(C[O+]=Cc2ccccc2)c(O)c1. The van der Waals surface area contributed by atoms with Crippen LogP contribution < -0.4 is 5.90 Å². The Hall–Kier alpha value is -2.41. The van der Waals surface area contributed by atoms with Crippen LogP contribution in [0.2, 0.25) is 0 Å². The van der Waals surface area contributed by atoms with Crippen LogP contribution in [0.25, 0.3) is 0 Å². The van der Waals surface area contributed by atoms with Gasteiger partial charge >= 0.3 is 6.29 Å². The van der Waals surface area contributed by atoms with Crippen molar-refractivity contribution in [3.05, 3.63) is 59.7 Å². The minimum atomic E-state index is 0.0338. The summed E-state index contributed by atoms with van der Waals surface area (Å²) in [7, 11) is 1.33. The molecule has 0 radical (unpaired) electrons. The zero-order chi connectivity index (χ0) is 15.5. The molecule has 0 fully saturated rings. The summed E-state index contributed by atoms with van der Waals surface area (Å²) in [6.45, 7) is 0.265. The third-order valence-electron chi connectivity index (χ3n) is 2.42. The Labute approximate surface area is 122 Å². The molecular formula is C15H18NO5+. The summed E-state index contributed by atoms with van der Waals surface area (Å²) < 4.78 is 5.36. The second-order valence-corrected chi connectivity index (χ2v) is 3.92. The summed E-state index contributed by atoms with van der Waals surface area (Å²) in [5.41, 5.74) is 1.60. The number of nitrogens with two attached hydrogens (primary N) is 1. The Balaban J connectivity index is 0.000000491. The molecule has 0 unspecified atom stereocenters. The van der Waals surface area contributed by atoms with Gasteiger partial charge in [0, 0.05) is 6.07 Å². The molecule has 21 heavy (non-hydrogen) atoms. The van der Waals surface area contributed by atoms with Crippen LogP contribution in [0.15, 0.2) is 48.5 Å². The van der Waals surface area contributed by atoms with Crippen molar-refractivity contribution < 1.29 is 24.5 Å². The van der Waals surface area contributed by atoms with Crippen molar-refractivity contribution in [3.63, 3.8) is 0 Å². The van der Waals surface area contributed by atoms with Gasteiger partial charge in [-0.25, -0.2) is 4.89 Å². The van der Waals surface area contributed by atoms with Crippen molar-refractivity contribution >= 4 is 6.29 Å². The van der Waals surface area contributed by atoms with E-state index in [9.17, 15) is 5.11 Å². The van der Waals surface area contributed by atoms with E-state index in [1.165, 1.54) is 19.2 Å². The van der Waals surface area contributed by atoms with E-state index in [0.717, 1.165) is 5.56 Å². The second-order valence-electron chi connectivity index (χ2n) is 3.92. The van der Waals surface area contributed by atoms with Crippen LogP contribution >= 0.6 is 0 Å². The standard InChI is InChI=1S/C14H12O3.CH5NO2/c15-13-7-6-12(14(16)8-13)10-17-9-11-4-2-1-3-5-11;1-3-4-2/h1-9H,10H2,(H-,15,16);2H2,1H3/p+1. The molecule has 6 heteroatoms. The predicted octanol–water partition coefficient (Wildman–Crippen LogP) is 2.08. The number of aldehydes is 1. The van der Waals surface area contributed by atoms with E-state index in [4.69, 9.17) is 9.53 Å². The van der Waals surface area contributed by atoms with Crippen molar-refractivity contribution in [2.24, 2.45) is 5.90 Å². The van der Waals surface area contributed by atoms with Crippen molar-refractivity contribution in [1.82, 2.24) is 0 Å². The molecule has 4 N–H and O–H groups in total. The van der Waals surface area contributed by atoms with Gasteiger partial charge in [-0.1, -0.05) is 18.2 Å². The van der Waals surface area contributed by atoms with Crippen molar-refractivity contribution in [1.29, 1.82) is 0 Å². The fourth-order valence-electron chi connectivity index (χ4n) is 1.43. The average molecular weight is 292 g/mol. The minimum Gasteiger partial charge on any atom is -0.508 e. The molecule has 0 aromatic heterocycles. The van der Waals surface area contributed by atoms with Gasteiger partial charge in [-0.05, 0) is 24.3 Å². The van der Waals surface area contributed by atoms with E-state index in [2.05, 4.69) is 15.8 Å². The highest BCUT2D eigenvalue weighted by Crippen LogP contribution is 2.22. The molecule has 2 rings (SSSR count). The highest BCUT2D eigenvalue weighted by atomic mass is 17.3. The van der Waals surface area contributed by atoms with Gasteiger partial charge < -0.3 is 10.2 Å². The second kappa shape index (κ2) is 9.49. The molecular weight excluding hydrogens is 274 g/mol. The van der Waals surface area contributed by atoms with E-state index >= 15 is 0 Å². The van der Waals surface area contributed by atoms with E-state index in [1.807, 2.05) is 30.3 Å². The largest absolute Gasteiger partial charge is 0.508 e. The Morgan fingerprint density at radius 3 is 2.38 bits per heavy atom. The van der Waals surface area contributed by atoms with Crippen LogP contribution in [0.4, 0.5) is 0 Å². The molecule has 0 saturated carbocycles. The Kier molecular flexibility index (Phi) is 7.52. The fraction of sp³-hybridized carbons (Fsp3) is 0.133. The topological polar surface area (TPSA) is 96.2 Å². The summed E-state index contributed by atoms with van der Waals surface area (Å²) in [6.07, 6.45) is 1.63. The number of rotatable bonds is 4. The Morgan fingerprint density at radius 2 is 1.81 bits per heavy atom. The third kappa shape index (κ3) is 6.53. The molecule has 0 saturated heterocycles. The van der Waals surface area contributed by atoms with Crippen LogP contribution in [0, 0.1) is 0 Å². The number of aromatic hydroxyl groups is 2. The van der Waals surface area contributed by atoms with Gasteiger partial charge in [-0.2, -0.15) is 5.90 Å². The van der Waals surface area contributed by atoms with E-state index in [1.54, 1.807) is 12.4 Å². The summed E-state index contributed by atoms with van der Waals surface area (Å²) in [6, 6.07) is 14.1. The zero-order valence-electron chi connectivity index (χ0n) is 11.6. The van der Waals surface area contributed by atoms with Crippen molar-refractivity contribution in [3.8, 4) is 11.5 Å². The molecule has 112 valence electrons. The zero-order valence-corrected chi connectivity index (χ0v) is 11.6. The molecule has 0 aliphatic heterocycles. The normalized spacial score (nSPS) is 10.2. The van der Waals surface area contributed by atoms with Crippen molar-refractivity contribution in [2.45, 2.75) is 6.61 Å². The average Bonchev–Trinajstić information content (AvgIpc) is 2.51. The molecule has 0 heterocycles. The number of hydrogen-bond donors (Lipinski definition) is 3. The number of benzene rings is 2. The number of hydrogen-bond acceptors (Lipinski definition) is 5. The van der Waals surface area contributed by atoms with E-state index < -0.39 is 0 Å². The fourth-order valence-corrected chi connectivity index (χ4v) is 1.43. The van der Waals surface area contributed by atoms with Crippen LogP contribution in [-0.2, 0) is 16.5 Å². The molecule has 0 spiro atoms. The van der Waals surface area contributed by atoms with Crippen LogP contribution in [0.5, 0.6) is 11.5 Å². The van der Waals surface area contributed by atoms with Gasteiger partial charge in [0.2, 0.25) is 0 Å². The molecule has 0 aliphatic rings. The van der Waals surface area contributed by atoms with Crippen molar-refractivity contribution in [2.75, 3.05) is 7.11 Å². The third-order valence-corrected chi connectivity index (χ3v) is 2.42. The lowest BCUT2D eigenvalue weighted by Gasteiger charge is -1.96. The Morgan fingerprint density at radius 1 is 1.14 bits per heavy atom. The van der Waals surface area contributed by atoms with Gasteiger partial charge in [0.1, 0.15) is 11.5 Å². The maximum Gasteiger partial charge on any atom is 0.316 e. The lowest BCUT2D eigenvalue weighted by Crippen LogP contribution is -1.93. The number of carbonyl (C=O) groups excluding carboxylic acids is 1. The van der Waals surface area contributed by atoms with Crippen LogP contribution in [0.3, 0.4) is 0 Å². The highest BCUT2D eigenvalue weighted by Gasteiger charge is 2.06. The van der Waals surface area contributed by atoms with Crippen LogP contribution in [-0.4, -0.2) is 23.6 Å². The van der Waals surface area contributed by atoms with Gasteiger partial charge in [-0.3, -0.25) is 4.42 Å². The molecule has 0 atom stereocenters. The summed E-state index contributed by atoms with van der Waals surface area (Å²) in [5, 5.41) is 18.7. The molecule has 0 aliphatic carbocycles.